The van der Waals surface area contributed by atoms with Crippen LogP contribution in [0.15, 0.2) is 23.1 Å². The summed E-state index contributed by atoms with van der Waals surface area (Å²) in [7, 11) is -3.42. The van der Waals surface area contributed by atoms with E-state index in [1.54, 1.807) is 12.1 Å². The number of sulfonamides is 1. The van der Waals surface area contributed by atoms with Crippen LogP contribution >= 0.6 is 0 Å². The minimum atomic E-state index is -3.42. The molecule has 6 heteroatoms. The molecule has 0 aliphatic carbocycles. The zero-order valence-corrected chi connectivity index (χ0v) is 10.8. The van der Waals surface area contributed by atoms with E-state index < -0.39 is 10.0 Å². The lowest BCUT2D eigenvalue weighted by atomic mass is 10.1. The number of hydrogen-bond acceptors (Lipinski definition) is 4. The van der Waals surface area contributed by atoms with Crippen molar-refractivity contribution in [2.24, 2.45) is 0 Å². The van der Waals surface area contributed by atoms with Crippen molar-refractivity contribution in [2.45, 2.75) is 30.4 Å². The zero-order chi connectivity index (χ0) is 12.6. The van der Waals surface area contributed by atoms with Gasteiger partial charge in [-0.25, -0.2) is 13.1 Å². The second-order valence-electron chi connectivity index (χ2n) is 4.72. The van der Waals surface area contributed by atoms with E-state index in [2.05, 4.69) is 10.0 Å². The fraction of sp³-hybridized carbons (Fsp3) is 0.500. The topological polar surface area (TPSA) is 67.4 Å². The van der Waals surface area contributed by atoms with E-state index in [0.717, 1.165) is 25.1 Å². The summed E-state index contributed by atoms with van der Waals surface area (Å²) >= 11 is 0. The smallest absolute Gasteiger partial charge is 0.240 e. The van der Waals surface area contributed by atoms with Crippen LogP contribution in [0.2, 0.25) is 0 Å². The Morgan fingerprint density at radius 3 is 2.89 bits per heavy atom. The lowest BCUT2D eigenvalue weighted by Gasteiger charge is -2.12. The van der Waals surface area contributed by atoms with Crippen LogP contribution in [0, 0.1) is 0 Å². The van der Waals surface area contributed by atoms with Gasteiger partial charge in [-0.1, -0.05) is 6.07 Å². The molecule has 0 aromatic heterocycles. The Morgan fingerprint density at radius 1 is 1.28 bits per heavy atom. The monoisotopic (exact) mass is 268 g/mol. The van der Waals surface area contributed by atoms with Crippen LogP contribution < -0.4 is 10.0 Å². The van der Waals surface area contributed by atoms with E-state index in [1.165, 1.54) is 5.56 Å². The number of rotatable bonds is 3. The van der Waals surface area contributed by atoms with Gasteiger partial charge >= 0.3 is 0 Å². The van der Waals surface area contributed by atoms with Gasteiger partial charge in [0.05, 0.1) is 11.5 Å². The van der Waals surface area contributed by atoms with Crippen LogP contribution in [0.25, 0.3) is 0 Å². The lowest BCUT2D eigenvalue weighted by molar-refractivity contribution is 0.192. The van der Waals surface area contributed by atoms with E-state index in [9.17, 15) is 8.42 Å². The van der Waals surface area contributed by atoms with Gasteiger partial charge in [-0.2, -0.15) is 0 Å². The first-order chi connectivity index (χ1) is 8.65. The molecule has 98 valence electrons. The largest absolute Gasteiger partial charge is 0.380 e. The highest BCUT2D eigenvalue weighted by atomic mass is 32.2. The van der Waals surface area contributed by atoms with Crippen molar-refractivity contribution in [1.29, 1.82) is 0 Å². The summed E-state index contributed by atoms with van der Waals surface area (Å²) in [4.78, 5) is 0.344. The third-order valence-electron chi connectivity index (χ3n) is 3.37. The maximum Gasteiger partial charge on any atom is 0.240 e. The van der Waals surface area contributed by atoms with Gasteiger partial charge < -0.3 is 10.1 Å². The molecular weight excluding hydrogens is 252 g/mol. The normalized spacial score (nSPS) is 23.2. The van der Waals surface area contributed by atoms with Crippen LogP contribution in [-0.4, -0.2) is 27.7 Å². The Morgan fingerprint density at radius 2 is 2.11 bits per heavy atom. The number of benzene rings is 1. The number of fused-ring (bicyclic) bond motifs is 1. The molecule has 2 aliphatic heterocycles. The van der Waals surface area contributed by atoms with Gasteiger partial charge in [-0.3, -0.25) is 0 Å². The van der Waals surface area contributed by atoms with Crippen molar-refractivity contribution >= 4 is 10.0 Å². The van der Waals surface area contributed by atoms with Crippen LogP contribution in [0.4, 0.5) is 0 Å². The molecule has 18 heavy (non-hydrogen) atoms. The summed E-state index contributed by atoms with van der Waals surface area (Å²) in [6.07, 6.45) is 0.742. The zero-order valence-electron chi connectivity index (χ0n) is 9.98. The highest BCUT2D eigenvalue weighted by Gasteiger charge is 2.24. The first-order valence-corrected chi connectivity index (χ1v) is 7.56. The highest BCUT2D eigenvalue weighted by molar-refractivity contribution is 7.89. The molecule has 0 amide bonds. The second-order valence-corrected chi connectivity index (χ2v) is 6.43. The van der Waals surface area contributed by atoms with Crippen molar-refractivity contribution < 1.29 is 13.2 Å². The van der Waals surface area contributed by atoms with Crippen molar-refractivity contribution in [2.75, 3.05) is 13.2 Å². The van der Waals surface area contributed by atoms with Crippen LogP contribution in [0.3, 0.4) is 0 Å². The Balaban J connectivity index is 1.84. The molecule has 1 saturated heterocycles. The Hall–Kier alpha value is -0.950. The van der Waals surface area contributed by atoms with Crippen LogP contribution in [0.1, 0.15) is 17.5 Å². The first kappa shape index (κ1) is 12.1. The summed E-state index contributed by atoms with van der Waals surface area (Å²) in [6, 6.07) is 5.22. The van der Waals surface area contributed by atoms with E-state index >= 15 is 0 Å². The molecule has 1 atom stereocenters. The molecule has 1 fully saturated rings. The predicted molar refractivity (Wildman–Crippen MR) is 66.5 cm³/mol. The third kappa shape index (κ3) is 2.29. The molecule has 1 aromatic rings. The minimum absolute atomic E-state index is 0.0959. The van der Waals surface area contributed by atoms with Gasteiger partial charge in [0.25, 0.3) is 0 Å². The van der Waals surface area contributed by atoms with E-state index in [4.69, 9.17) is 4.74 Å². The molecule has 0 saturated carbocycles. The highest BCUT2D eigenvalue weighted by Crippen LogP contribution is 2.20. The van der Waals surface area contributed by atoms with Crippen molar-refractivity contribution in [3.8, 4) is 0 Å². The Kier molecular flexibility index (Phi) is 3.11. The van der Waals surface area contributed by atoms with Gasteiger partial charge in [0, 0.05) is 25.7 Å². The molecule has 0 spiro atoms. The Bertz CT molecular complexity index is 550. The molecule has 2 N–H and O–H groups in total. The van der Waals surface area contributed by atoms with E-state index in [0.29, 0.717) is 18.1 Å². The van der Waals surface area contributed by atoms with Crippen molar-refractivity contribution in [1.82, 2.24) is 10.0 Å². The molecule has 5 nitrogen and oxygen atoms in total. The SMILES string of the molecule is O=S(=O)(NC1CCOC1)c1ccc2c(c1)CNC2. The summed E-state index contributed by atoms with van der Waals surface area (Å²) < 4.78 is 32.3. The standard InChI is InChI=1S/C12H16N2O3S/c15-18(16,14-11-3-4-17-8-11)12-2-1-9-6-13-7-10(9)5-12/h1-2,5,11,13-14H,3-4,6-8H2. The predicted octanol–water partition coefficient (Wildman–Crippen LogP) is 0.357. The van der Waals surface area contributed by atoms with Gasteiger partial charge in [0.1, 0.15) is 0 Å². The maximum atomic E-state index is 12.2. The number of ether oxygens (including phenoxy) is 1. The molecule has 1 unspecified atom stereocenters. The molecular formula is C12H16N2O3S. The van der Waals surface area contributed by atoms with Gasteiger partial charge in [-0.15, -0.1) is 0 Å². The van der Waals surface area contributed by atoms with Crippen molar-refractivity contribution in [3.05, 3.63) is 29.3 Å². The molecule has 3 rings (SSSR count). The average Bonchev–Trinajstić information content (AvgIpc) is 2.97. The molecule has 0 radical (unpaired) electrons. The summed E-state index contributed by atoms with van der Waals surface area (Å²) in [5, 5.41) is 3.20. The van der Waals surface area contributed by atoms with Crippen molar-refractivity contribution in [3.63, 3.8) is 0 Å². The van der Waals surface area contributed by atoms with Crippen LogP contribution in [0.5, 0.6) is 0 Å². The third-order valence-corrected chi connectivity index (χ3v) is 4.89. The molecule has 1 aromatic carbocycles. The number of nitrogens with one attached hydrogen (secondary N) is 2. The fourth-order valence-electron chi connectivity index (χ4n) is 2.35. The molecule has 0 bridgehead atoms. The maximum absolute atomic E-state index is 12.2. The van der Waals surface area contributed by atoms with E-state index in [1.807, 2.05) is 6.07 Å². The fourth-order valence-corrected chi connectivity index (χ4v) is 3.66. The first-order valence-electron chi connectivity index (χ1n) is 6.08. The lowest BCUT2D eigenvalue weighted by Crippen LogP contribution is -2.35. The minimum Gasteiger partial charge on any atom is -0.380 e. The summed E-state index contributed by atoms with van der Waals surface area (Å²) in [5.74, 6) is 0. The second kappa shape index (κ2) is 4.62. The summed E-state index contributed by atoms with van der Waals surface area (Å²) in [6.45, 7) is 2.65. The number of hydrogen-bond donors (Lipinski definition) is 2. The molecule has 2 heterocycles. The van der Waals surface area contributed by atoms with Gasteiger partial charge in [0.15, 0.2) is 0 Å². The quantitative estimate of drug-likeness (QED) is 0.830. The molecule has 2 aliphatic rings. The average molecular weight is 268 g/mol. The van der Waals surface area contributed by atoms with Gasteiger partial charge in [-0.05, 0) is 29.7 Å². The van der Waals surface area contributed by atoms with Crippen LogP contribution in [-0.2, 0) is 27.8 Å². The Labute approximate surface area is 107 Å². The van der Waals surface area contributed by atoms with E-state index in [-0.39, 0.29) is 6.04 Å². The summed E-state index contributed by atoms with van der Waals surface area (Å²) in [5.41, 5.74) is 2.25. The van der Waals surface area contributed by atoms with Gasteiger partial charge in [0.2, 0.25) is 10.0 Å².